The van der Waals surface area contributed by atoms with Gasteiger partial charge >= 0.3 is 0 Å². The predicted octanol–water partition coefficient (Wildman–Crippen LogP) is 2.22. The summed E-state index contributed by atoms with van der Waals surface area (Å²) in [5.41, 5.74) is 3.47. The molecule has 1 aromatic carbocycles. The highest BCUT2D eigenvalue weighted by molar-refractivity contribution is 5.85. The fraction of sp³-hybridized carbons (Fsp3) is 0.577. The number of nitrogens with zero attached hydrogens (tertiary/aromatic N) is 5. The first kappa shape index (κ1) is 23.8. The number of fused-ring (bicyclic) bond motifs is 1. The summed E-state index contributed by atoms with van der Waals surface area (Å²) in [7, 11) is 2.16. The normalized spacial score (nSPS) is 23.0. The first-order valence-electron chi connectivity index (χ1n) is 12.2. The molecule has 33 heavy (non-hydrogen) atoms. The first-order valence-corrected chi connectivity index (χ1v) is 12.2. The summed E-state index contributed by atoms with van der Waals surface area (Å²) in [4.78, 5) is 28.5. The van der Waals surface area contributed by atoms with Crippen molar-refractivity contribution < 1.29 is 4.79 Å². The number of carbonyl (C=O) groups excluding carboxylic acids is 1. The summed E-state index contributed by atoms with van der Waals surface area (Å²) in [5.74, 6) is 1.07. The maximum absolute atomic E-state index is 12.7. The van der Waals surface area contributed by atoms with E-state index < -0.39 is 0 Å². The fourth-order valence-corrected chi connectivity index (χ4v) is 5.36. The van der Waals surface area contributed by atoms with Crippen LogP contribution in [0.2, 0.25) is 0 Å². The van der Waals surface area contributed by atoms with Gasteiger partial charge in [-0.05, 0) is 49.2 Å². The summed E-state index contributed by atoms with van der Waals surface area (Å²) in [6.45, 7) is 14.9. The Morgan fingerprint density at radius 3 is 2.79 bits per heavy atom. The molecule has 0 bridgehead atoms. The quantitative estimate of drug-likeness (QED) is 0.625. The Hall–Kier alpha value is -2.35. The third kappa shape index (κ3) is 6.16. The summed E-state index contributed by atoms with van der Waals surface area (Å²) in [6, 6.07) is 8.56. The van der Waals surface area contributed by atoms with Gasteiger partial charge in [-0.15, -0.1) is 0 Å². The smallest absolute Gasteiger partial charge is 0.234 e. The number of carbonyl (C=O) groups is 1. The first-order chi connectivity index (χ1) is 16.0. The van der Waals surface area contributed by atoms with Gasteiger partial charge in [0, 0.05) is 63.9 Å². The van der Waals surface area contributed by atoms with Gasteiger partial charge in [-0.1, -0.05) is 25.1 Å². The molecule has 2 aliphatic rings. The largest absolute Gasteiger partial charge is 0.354 e. The lowest BCUT2D eigenvalue weighted by Gasteiger charge is -2.37. The Labute approximate surface area is 197 Å². The maximum Gasteiger partial charge on any atom is 0.234 e. The number of aromatic nitrogens is 1. The van der Waals surface area contributed by atoms with E-state index >= 15 is 0 Å². The second kappa shape index (κ2) is 11.2. The van der Waals surface area contributed by atoms with Gasteiger partial charge in [0.1, 0.15) is 0 Å². The molecule has 0 spiro atoms. The monoisotopic (exact) mass is 450 g/mol. The number of amides is 1. The molecule has 2 aromatic rings. The summed E-state index contributed by atoms with van der Waals surface area (Å²) < 4.78 is 0. The highest BCUT2D eigenvalue weighted by Gasteiger charge is 2.28. The van der Waals surface area contributed by atoms with Gasteiger partial charge in [-0.25, -0.2) is 0 Å². The van der Waals surface area contributed by atoms with E-state index in [-0.39, 0.29) is 5.91 Å². The SMILES string of the molecule is C=NCc1ccc([C@H]2C[C@@H](C)CN(CC(=O)NCCN3CCN(C)CC3)C2)c2cccnc12. The molecule has 2 atom stereocenters. The van der Waals surface area contributed by atoms with E-state index in [0.717, 1.165) is 69.9 Å². The molecule has 4 rings (SSSR count). The number of benzene rings is 1. The Balaban J connectivity index is 1.36. The molecule has 2 aliphatic heterocycles. The lowest BCUT2D eigenvalue weighted by atomic mass is 9.83. The number of likely N-dealkylation sites (tertiary alicyclic amines) is 1. The predicted molar refractivity (Wildman–Crippen MR) is 135 cm³/mol. The Kier molecular flexibility index (Phi) is 8.06. The van der Waals surface area contributed by atoms with Gasteiger partial charge in [0.25, 0.3) is 0 Å². The lowest BCUT2D eigenvalue weighted by Crippen LogP contribution is -2.48. The van der Waals surface area contributed by atoms with Crippen molar-refractivity contribution in [3.8, 4) is 0 Å². The number of pyridine rings is 1. The molecular formula is C26H38N6O. The molecular weight excluding hydrogens is 412 g/mol. The molecule has 0 unspecified atom stereocenters. The zero-order valence-corrected chi connectivity index (χ0v) is 20.2. The van der Waals surface area contributed by atoms with Gasteiger partial charge in [-0.2, -0.15) is 0 Å². The van der Waals surface area contributed by atoms with Crippen LogP contribution in [0.15, 0.2) is 35.5 Å². The minimum absolute atomic E-state index is 0.135. The molecule has 7 nitrogen and oxygen atoms in total. The van der Waals surface area contributed by atoms with Crippen molar-refractivity contribution in [3.63, 3.8) is 0 Å². The number of likely N-dealkylation sites (N-methyl/N-ethyl adjacent to an activating group) is 1. The number of piperazine rings is 1. The Morgan fingerprint density at radius 1 is 1.18 bits per heavy atom. The summed E-state index contributed by atoms with van der Waals surface area (Å²) in [5, 5.41) is 4.35. The topological polar surface area (TPSA) is 64.1 Å². The van der Waals surface area contributed by atoms with Crippen molar-refractivity contribution in [2.24, 2.45) is 10.9 Å². The minimum Gasteiger partial charge on any atom is -0.354 e. The molecule has 2 fully saturated rings. The van der Waals surface area contributed by atoms with E-state index in [1.165, 1.54) is 10.9 Å². The molecule has 1 amide bonds. The van der Waals surface area contributed by atoms with Crippen LogP contribution in [0.5, 0.6) is 0 Å². The molecule has 2 saturated heterocycles. The number of aliphatic imine (C=N–C) groups is 1. The van der Waals surface area contributed by atoms with Crippen LogP contribution in [-0.2, 0) is 11.3 Å². The number of rotatable bonds is 8. The minimum atomic E-state index is 0.135. The van der Waals surface area contributed by atoms with Crippen molar-refractivity contribution >= 4 is 23.5 Å². The van der Waals surface area contributed by atoms with Gasteiger partial charge in [0.15, 0.2) is 0 Å². The standard InChI is InChI=1S/C26H38N6O/c1-20-15-22(23-7-6-21(16-27-2)26-24(23)5-4-8-29-26)18-32(17-20)19-25(33)28-9-10-31-13-11-30(3)12-14-31/h4-8,20,22H,2,9-19H2,1,3H3,(H,28,33)/t20-,22+/m1/s1. The average molecular weight is 451 g/mol. The van der Waals surface area contributed by atoms with E-state index in [0.29, 0.717) is 24.9 Å². The van der Waals surface area contributed by atoms with Crippen LogP contribution in [0.25, 0.3) is 10.9 Å². The van der Waals surface area contributed by atoms with E-state index in [4.69, 9.17) is 0 Å². The molecule has 178 valence electrons. The number of nitrogens with one attached hydrogen (secondary N) is 1. The van der Waals surface area contributed by atoms with E-state index in [1.807, 2.05) is 12.3 Å². The summed E-state index contributed by atoms with van der Waals surface area (Å²) >= 11 is 0. The average Bonchev–Trinajstić information content (AvgIpc) is 2.80. The second-order valence-electron chi connectivity index (χ2n) is 9.82. The highest BCUT2D eigenvalue weighted by Crippen LogP contribution is 2.35. The van der Waals surface area contributed by atoms with Gasteiger partial charge in [0.05, 0.1) is 18.6 Å². The second-order valence-corrected chi connectivity index (χ2v) is 9.82. The third-order valence-corrected chi connectivity index (χ3v) is 7.06. The van der Waals surface area contributed by atoms with Crippen LogP contribution in [0.1, 0.15) is 30.4 Å². The van der Waals surface area contributed by atoms with Gasteiger partial charge < -0.3 is 10.2 Å². The zero-order chi connectivity index (χ0) is 23.2. The molecule has 0 radical (unpaired) electrons. The number of hydrogen-bond acceptors (Lipinski definition) is 6. The highest BCUT2D eigenvalue weighted by atomic mass is 16.2. The molecule has 1 N–H and O–H groups in total. The number of hydrogen-bond donors (Lipinski definition) is 1. The Bertz CT molecular complexity index is 955. The van der Waals surface area contributed by atoms with Crippen LogP contribution >= 0.6 is 0 Å². The van der Waals surface area contributed by atoms with E-state index in [9.17, 15) is 4.79 Å². The summed E-state index contributed by atoms with van der Waals surface area (Å²) in [6.07, 6.45) is 2.98. The molecule has 1 aromatic heterocycles. The van der Waals surface area contributed by atoms with E-state index in [2.05, 4.69) is 68.9 Å². The molecule has 7 heteroatoms. The van der Waals surface area contributed by atoms with Crippen LogP contribution in [0.3, 0.4) is 0 Å². The molecule has 0 aliphatic carbocycles. The molecule has 0 saturated carbocycles. The van der Waals surface area contributed by atoms with Crippen molar-refractivity contribution in [1.82, 2.24) is 25.0 Å². The van der Waals surface area contributed by atoms with Crippen LogP contribution in [-0.4, -0.2) is 98.3 Å². The van der Waals surface area contributed by atoms with Crippen molar-refractivity contribution in [2.75, 3.05) is 66.0 Å². The fourth-order valence-electron chi connectivity index (χ4n) is 5.36. The van der Waals surface area contributed by atoms with Crippen LogP contribution in [0.4, 0.5) is 0 Å². The van der Waals surface area contributed by atoms with Crippen molar-refractivity contribution in [2.45, 2.75) is 25.8 Å². The zero-order valence-electron chi connectivity index (χ0n) is 20.2. The van der Waals surface area contributed by atoms with E-state index in [1.54, 1.807) is 0 Å². The van der Waals surface area contributed by atoms with Crippen LogP contribution < -0.4 is 5.32 Å². The lowest BCUT2D eigenvalue weighted by molar-refractivity contribution is -0.122. The van der Waals surface area contributed by atoms with Crippen LogP contribution in [0, 0.1) is 5.92 Å². The Morgan fingerprint density at radius 2 is 2.00 bits per heavy atom. The molecule has 3 heterocycles. The van der Waals surface area contributed by atoms with Crippen molar-refractivity contribution in [1.29, 1.82) is 0 Å². The van der Waals surface area contributed by atoms with Gasteiger partial charge in [0.2, 0.25) is 5.91 Å². The number of piperidine rings is 1. The van der Waals surface area contributed by atoms with Gasteiger partial charge in [-0.3, -0.25) is 24.6 Å². The van der Waals surface area contributed by atoms with Crippen molar-refractivity contribution in [3.05, 3.63) is 41.6 Å². The third-order valence-electron chi connectivity index (χ3n) is 7.06. The maximum atomic E-state index is 12.7.